The molecule has 1 saturated heterocycles. The predicted octanol–water partition coefficient (Wildman–Crippen LogP) is 2.52. The fraction of sp³-hybridized carbons (Fsp3) is 0.900. The van der Waals surface area contributed by atoms with Gasteiger partial charge in [0.2, 0.25) is 0 Å². The first-order chi connectivity index (χ1) is 5.90. The SMILES string of the molecule is C[C@@H]1CCCN1C(=O)OC(C)(C)C.S. The second kappa shape index (κ2) is 4.91. The predicted molar refractivity (Wildman–Crippen MR) is 62.0 cm³/mol. The van der Waals surface area contributed by atoms with E-state index < -0.39 is 0 Å². The molecule has 0 saturated carbocycles. The molecule has 1 heterocycles. The summed E-state index contributed by atoms with van der Waals surface area (Å²) < 4.78 is 5.28. The quantitative estimate of drug-likeness (QED) is 0.626. The van der Waals surface area contributed by atoms with Crippen molar-refractivity contribution < 1.29 is 9.53 Å². The molecule has 84 valence electrons. The molecule has 0 aromatic rings. The molecule has 4 heteroatoms. The Bertz CT molecular complexity index is 201. The highest BCUT2D eigenvalue weighted by Crippen LogP contribution is 2.19. The zero-order valence-corrected chi connectivity index (χ0v) is 10.5. The minimum atomic E-state index is -0.376. The zero-order chi connectivity index (χ0) is 10.1. The van der Waals surface area contributed by atoms with E-state index in [2.05, 4.69) is 6.92 Å². The van der Waals surface area contributed by atoms with Crippen molar-refractivity contribution in [2.75, 3.05) is 6.54 Å². The summed E-state index contributed by atoms with van der Waals surface area (Å²) in [5.41, 5.74) is -0.376. The van der Waals surface area contributed by atoms with Crippen LogP contribution in [0.3, 0.4) is 0 Å². The van der Waals surface area contributed by atoms with E-state index in [0.717, 1.165) is 19.4 Å². The van der Waals surface area contributed by atoms with Gasteiger partial charge in [0.15, 0.2) is 0 Å². The lowest BCUT2D eigenvalue weighted by Gasteiger charge is -2.26. The van der Waals surface area contributed by atoms with Crippen LogP contribution in [-0.4, -0.2) is 29.2 Å². The van der Waals surface area contributed by atoms with Crippen LogP contribution in [0.2, 0.25) is 0 Å². The van der Waals surface area contributed by atoms with Crippen molar-refractivity contribution in [3.05, 3.63) is 0 Å². The van der Waals surface area contributed by atoms with Crippen LogP contribution in [0, 0.1) is 0 Å². The Kier molecular flexibility index (Phi) is 4.78. The first-order valence-corrected chi connectivity index (χ1v) is 4.90. The van der Waals surface area contributed by atoms with Crippen LogP contribution in [0.15, 0.2) is 0 Å². The second-order valence-electron chi connectivity index (χ2n) is 4.66. The van der Waals surface area contributed by atoms with Crippen LogP contribution in [0.1, 0.15) is 40.5 Å². The number of hydrogen-bond acceptors (Lipinski definition) is 2. The van der Waals surface area contributed by atoms with Gasteiger partial charge >= 0.3 is 6.09 Å². The third-order valence-corrected chi connectivity index (χ3v) is 2.18. The highest BCUT2D eigenvalue weighted by Gasteiger charge is 2.28. The Morgan fingerprint density at radius 2 is 2.00 bits per heavy atom. The maximum absolute atomic E-state index is 11.6. The van der Waals surface area contributed by atoms with Crippen LogP contribution in [0.5, 0.6) is 0 Å². The molecule has 3 nitrogen and oxygen atoms in total. The molecule has 1 fully saturated rings. The first kappa shape index (κ1) is 13.6. The van der Waals surface area contributed by atoms with Gasteiger partial charge in [-0.2, -0.15) is 13.5 Å². The minimum absolute atomic E-state index is 0. The maximum Gasteiger partial charge on any atom is 0.410 e. The van der Waals surface area contributed by atoms with E-state index in [1.54, 1.807) is 0 Å². The van der Waals surface area contributed by atoms with Gasteiger partial charge in [-0.3, -0.25) is 0 Å². The average molecular weight is 219 g/mol. The molecular weight excluding hydrogens is 198 g/mol. The van der Waals surface area contributed by atoms with Gasteiger partial charge in [-0.1, -0.05) is 0 Å². The molecule has 0 radical (unpaired) electrons. The van der Waals surface area contributed by atoms with Crippen LogP contribution in [0.25, 0.3) is 0 Å². The summed E-state index contributed by atoms with van der Waals surface area (Å²) in [6.07, 6.45) is 2.03. The molecule has 1 amide bonds. The summed E-state index contributed by atoms with van der Waals surface area (Å²) in [4.78, 5) is 13.4. The molecule has 1 atom stereocenters. The summed E-state index contributed by atoms with van der Waals surface area (Å²) in [7, 11) is 0. The third-order valence-electron chi connectivity index (χ3n) is 2.18. The third kappa shape index (κ3) is 3.78. The Morgan fingerprint density at radius 1 is 1.43 bits per heavy atom. The summed E-state index contributed by atoms with van der Waals surface area (Å²) in [6, 6.07) is 0.342. The largest absolute Gasteiger partial charge is 0.444 e. The van der Waals surface area contributed by atoms with Crippen LogP contribution in [-0.2, 0) is 4.74 Å². The molecule has 0 unspecified atom stereocenters. The molecule has 0 aromatic carbocycles. The number of likely N-dealkylation sites (tertiary alicyclic amines) is 1. The molecule has 1 rings (SSSR count). The zero-order valence-electron chi connectivity index (χ0n) is 9.46. The Labute approximate surface area is 93.2 Å². The normalized spacial score (nSPS) is 21.7. The van der Waals surface area contributed by atoms with Crippen molar-refractivity contribution in [3.63, 3.8) is 0 Å². The van der Waals surface area contributed by atoms with Crippen LogP contribution >= 0.6 is 13.5 Å². The van der Waals surface area contributed by atoms with Gasteiger partial charge in [-0.15, -0.1) is 0 Å². The molecule has 1 aliphatic rings. The molecule has 1 aliphatic heterocycles. The van der Waals surface area contributed by atoms with E-state index in [1.165, 1.54) is 0 Å². The highest BCUT2D eigenvalue weighted by molar-refractivity contribution is 7.59. The van der Waals surface area contributed by atoms with Gasteiger partial charge < -0.3 is 9.64 Å². The van der Waals surface area contributed by atoms with E-state index in [-0.39, 0.29) is 25.2 Å². The van der Waals surface area contributed by atoms with E-state index in [9.17, 15) is 4.79 Å². The number of carbonyl (C=O) groups is 1. The number of hydrogen-bond donors (Lipinski definition) is 0. The Hall–Kier alpha value is -0.380. The van der Waals surface area contributed by atoms with Crippen molar-refractivity contribution in [2.24, 2.45) is 0 Å². The summed E-state index contributed by atoms with van der Waals surface area (Å²) in [5.74, 6) is 0. The lowest BCUT2D eigenvalue weighted by atomic mass is 10.2. The summed E-state index contributed by atoms with van der Waals surface area (Å²) in [6.45, 7) is 8.59. The van der Waals surface area contributed by atoms with Crippen LogP contribution in [0.4, 0.5) is 4.79 Å². The van der Waals surface area contributed by atoms with E-state index in [1.807, 2.05) is 25.7 Å². The first-order valence-electron chi connectivity index (χ1n) is 4.90. The highest BCUT2D eigenvalue weighted by atomic mass is 32.1. The van der Waals surface area contributed by atoms with Gasteiger partial charge in [0, 0.05) is 12.6 Å². The van der Waals surface area contributed by atoms with Gasteiger partial charge in [0.25, 0.3) is 0 Å². The fourth-order valence-electron chi connectivity index (χ4n) is 1.53. The number of carbonyl (C=O) groups excluding carboxylic acids is 1. The van der Waals surface area contributed by atoms with Crippen molar-refractivity contribution in [1.29, 1.82) is 0 Å². The summed E-state index contributed by atoms with van der Waals surface area (Å²) >= 11 is 0. The fourth-order valence-corrected chi connectivity index (χ4v) is 1.53. The Morgan fingerprint density at radius 3 is 2.36 bits per heavy atom. The van der Waals surface area contributed by atoms with Gasteiger partial charge in [-0.05, 0) is 40.5 Å². The number of ether oxygens (including phenoxy) is 1. The van der Waals surface area contributed by atoms with E-state index >= 15 is 0 Å². The molecule has 0 N–H and O–H groups in total. The number of amides is 1. The van der Waals surface area contributed by atoms with E-state index in [4.69, 9.17) is 4.74 Å². The number of nitrogens with zero attached hydrogens (tertiary/aromatic N) is 1. The number of rotatable bonds is 0. The summed E-state index contributed by atoms with van der Waals surface area (Å²) in [5, 5.41) is 0. The molecule has 14 heavy (non-hydrogen) atoms. The van der Waals surface area contributed by atoms with Crippen molar-refractivity contribution in [1.82, 2.24) is 4.90 Å². The lowest BCUT2D eigenvalue weighted by Crippen LogP contribution is -2.38. The second-order valence-corrected chi connectivity index (χ2v) is 4.66. The average Bonchev–Trinajstić information content (AvgIpc) is 2.30. The molecule has 0 aliphatic carbocycles. The Balaban J connectivity index is 0.00000169. The van der Waals surface area contributed by atoms with Crippen molar-refractivity contribution in [2.45, 2.75) is 52.2 Å². The lowest BCUT2D eigenvalue weighted by molar-refractivity contribution is 0.0239. The maximum atomic E-state index is 11.6. The molecule has 0 bridgehead atoms. The van der Waals surface area contributed by atoms with Crippen molar-refractivity contribution >= 4 is 19.6 Å². The smallest absolute Gasteiger partial charge is 0.410 e. The molecule has 0 aromatic heterocycles. The van der Waals surface area contributed by atoms with Gasteiger partial charge in [0.1, 0.15) is 5.60 Å². The standard InChI is InChI=1S/C10H19NO2.H2S/c1-8-6-5-7-11(8)9(12)13-10(2,3)4;/h8H,5-7H2,1-4H3;1H2/t8-;/m1./s1. The van der Waals surface area contributed by atoms with Gasteiger partial charge in [-0.25, -0.2) is 4.79 Å². The van der Waals surface area contributed by atoms with Gasteiger partial charge in [0.05, 0.1) is 0 Å². The van der Waals surface area contributed by atoms with E-state index in [0.29, 0.717) is 6.04 Å². The minimum Gasteiger partial charge on any atom is -0.444 e. The topological polar surface area (TPSA) is 29.5 Å². The monoisotopic (exact) mass is 219 g/mol. The molecular formula is C10H21NO2S. The van der Waals surface area contributed by atoms with Crippen molar-refractivity contribution in [3.8, 4) is 0 Å². The van der Waals surface area contributed by atoms with Crippen LogP contribution < -0.4 is 0 Å². The molecule has 0 spiro atoms.